The molecule has 27 heavy (non-hydrogen) atoms. The fourth-order valence-electron chi connectivity index (χ4n) is 2.53. The number of nitrogens with one attached hydrogen (secondary N) is 1. The Labute approximate surface area is 159 Å². The Kier molecular flexibility index (Phi) is 7.29. The van der Waals surface area contributed by atoms with Crippen LogP contribution >= 0.6 is 0 Å². The summed E-state index contributed by atoms with van der Waals surface area (Å²) in [6.45, 7) is 1.74. The van der Waals surface area contributed by atoms with Gasteiger partial charge in [0.15, 0.2) is 0 Å². The molecule has 5 nitrogen and oxygen atoms in total. The van der Waals surface area contributed by atoms with Gasteiger partial charge in [0.1, 0.15) is 5.75 Å². The van der Waals surface area contributed by atoms with Crippen LogP contribution in [0.5, 0.6) is 5.75 Å². The molecule has 0 aliphatic heterocycles. The lowest BCUT2D eigenvalue weighted by Gasteiger charge is -2.25. The van der Waals surface area contributed by atoms with E-state index in [2.05, 4.69) is 9.46 Å². The van der Waals surface area contributed by atoms with Crippen LogP contribution in [0.2, 0.25) is 0 Å². The van der Waals surface area contributed by atoms with Gasteiger partial charge in [0.2, 0.25) is 10.0 Å². The summed E-state index contributed by atoms with van der Waals surface area (Å²) in [4.78, 5) is 2.21. The summed E-state index contributed by atoms with van der Waals surface area (Å²) in [5.41, 5.74) is 1.91. The van der Waals surface area contributed by atoms with Gasteiger partial charge in [0, 0.05) is 19.1 Å². The number of nitrogens with zero attached hydrogens (tertiary/aromatic N) is 1. The van der Waals surface area contributed by atoms with E-state index in [4.69, 9.17) is 0 Å². The van der Waals surface area contributed by atoms with E-state index in [9.17, 15) is 17.2 Å². The van der Waals surface area contributed by atoms with Gasteiger partial charge in [-0.15, -0.1) is 0 Å². The smallest absolute Gasteiger partial charge is 0.387 e. The molecule has 0 unspecified atom stereocenters. The van der Waals surface area contributed by atoms with E-state index >= 15 is 0 Å². The van der Waals surface area contributed by atoms with Crippen LogP contribution < -0.4 is 9.46 Å². The fourth-order valence-corrected chi connectivity index (χ4v) is 3.55. The number of sulfonamides is 1. The first-order valence-electron chi connectivity index (χ1n) is 8.50. The molecule has 2 rings (SSSR count). The van der Waals surface area contributed by atoms with Crippen molar-refractivity contribution in [2.75, 3.05) is 20.1 Å². The monoisotopic (exact) mass is 398 g/mol. The molecule has 0 aromatic heterocycles. The molecule has 8 heteroatoms. The van der Waals surface area contributed by atoms with Gasteiger partial charge in [-0.05, 0) is 50.7 Å². The van der Waals surface area contributed by atoms with Crippen molar-refractivity contribution in [3.8, 4) is 5.75 Å². The topological polar surface area (TPSA) is 58.6 Å². The first kappa shape index (κ1) is 21.3. The third kappa shape index (κ3) is 6.27. The summed E-state index contributed by atoms with van der Waals surface area (Å²) < 4.78 is 55.9. The predicted octanol–water partition coefficient (Wildman–Crippen LogP) is 3.57. The number of hydrogen-bond acceptors (Lipinski definition) is 4. The van der Waals surface area contributed by atoms with Crippen molar-refractivity contribution >= 4 is 10.0 Å². The molecule has 0 radical (unpaired) electrons. The molecule has 0 fully saturated rings. The number of likely N-dealkylation sites (N-methyl/N-ethyl adjacent to an activating group) is 1. The highest BCUT2D eigenvalue weighted by Crippen LogP contribution is 2.22. The van der Waals surface area contributed by atoms with Crippen molar-refractivity contribution in [2.24, 2.45) is 0 Å². The second-order valence-corrected chi connectivity index (χ2v) is 8.08. The maximum Gasteiger partial charge on any atom is 0.387 e. The van der Waals surface area contributed by atoms with Crippen molar-refractivity contribution < 1.29 is 21.9 Å². The second-order valence-electron chi connectivity index (χ2n) is 6.31. The van der Waals surface area contributed by atoms with Gasteiger partial charge in [-0.2, -0.15) is 8.78 Å². The Morgan fingerprint density at radius 1 is 1.07 bits per heavy atom. The van der Waals surface area contributed by atoms with Crippen LogP contribution in [0.25, 0.3) is 0 Å². The van der Waals surface area contributed by atoms with Crippen molar-refractivity contribution in [1.29, 1.82) is 0 Å². The largest absolute Gasteiger partial charge is 0.435 e. The average molecular weight is 398 g/mol. The Morgan fingerprint density at radius 2 is 1.67 bits per heavy atom. The first-order chi connectivity index (χ1) is 12.7. The minimum absolute atomic E-state index is 0.0190. The molecule has 148 valence electrons. The highest BCUT2D eigenvalue weighted by molar-refractivity contribution is 7.89. The normalized spacial score (nSPS) is 13.1. The van der Waals surface area contributed by atoms with E-state index in [0.717, 1.165) is 11.1 Å². The number of benzene rings is 2. The summed E-state index contributed by atoms with van der Waals surface area (Å²) in [5.74, 6) is 0.106. The minimum Gasteiger partial charge on any atom is -0.435 e. The second kappa shape index (κ2) is 9.25. The summed E-state index contributed by atoms with van der Waals surface area (Å²) >= 11 is 0. The van der Waals surface area contributed by atoms with Crippen LogP contribution in [0.4, 0.5) is 8.78 Å². The van der Waals surface area contributed by atoms with Gasteiger partial charge in [-0.25, -0.2) is 13.1 Å². The summed E-state index contributed by atoms with van der Waals surface area (Å²) in [6.07, 6.45) is 0. The van der Waals surface area contributed by atoms with Gasteiger partial charge < -0.3 is 4.74 Å². The van der Waals surface area contributed by atoms with E-state index in [1.165, 1.54) is 12.1 Å². The Bertz CT molecular complexity index is 825. The standard InChI is InChI=1S/C19H24F2N2O3S/c1-14-4-10-18(11-5-14)27(24,25)22-12-13-23(3)15(2)16-6-8-17(9-7-16)26-19(20)21/h4-11,15,19,22H,12-13H2,1-3H3/t15-/m0/s1. The summed E-state index contributed by atoms with van der Waals surface area (Å²) in [7, 11) is -1.67. The van der Waals surface area contributed by atoms with Gasteiger partial charge in [0.05, 0.1) is 4.90 Å². The number of ether oxygens (including phenoxy) is 1. The zero-order chi connectivity index (χ0) is 20.0. The number of alkyl halides is 2. The zero-order valence-corrected chi connectivity index (χ0v) is 16.3. The Hall–Kier alpha value is -2.03. The molecular formula is C19H24F2N2O3S. The van der Waals surface area contributed by atoms with E-state index in [0.29, 0.717) is 6.54 Å². The lowest BCUT2D eigenvalue weighted by atomic mass is 10.1. The number of halogens is 2. The van der Waals surface area contributed by atoms with Crippen LogP contribution in [0.15, 0.2) is 53.4 Å². The summed E-state index contributed by atoms with van der Waals surface area (Å²) in [5, 5.41) is 0. The van der Waals surface area contributed by atoms with Crippen LogP contribution in [0.3, 0.4) is 0 Å². The lowest BCUT2D eigenvalue weighted by molar-refractivity contribution is -0.0498. The van der Waals surface area contributed by atoms with Crippen molar-refractivity contribution in [3.63, 3.8) is 0 Å². The molecular weight excluding hydrogens is 374 g/mol. The molecule has 1 N–H and O–H groups in total. The molecule has 2 aromatic carbocycles. The molecule has 0 bridgehead atoms. The van der Waals surface area contributed by atoms with Gasteiger partial charge in [-0.1, -0.05) is 29.8 Å². The molecule has 0 amide bonds. The summed E-state index contributed by atoms with van der Waals surface area (Å²) in [6, 6.07) is 13.1. The highest BCUT2D eigenvalue weighted by Gasteiger charge is 2.16. The van der Waals surface area contributed by atoms with Gasteiger partial charge in [0.25, 0.3) is 0 Å². The maximum absolute atomic E-state index is 12.3. The third-order valence-corrected chi connectivity index (χ3v) is 5.81. The predicted molar refractivity (Wildman–Crippen MR) is 100 cm³/mol. The Balaban J connectivity index is 1.89. The lowest BCUT2D eigenvalue weighted by Crippen LogP contribution is -2.34. The van der Waals surface area contributed by atoms with E-state index in [1.54, 1.807) is 36.4 Å². The highest BCUT2D eigenvalue weighted by atomic mass is 32.2. The molecule has 0 aliphatic rings. The first-order valence-corrected chi connectivity index (χ1v) is 9.98. The van der Waals surface area contributed by atoms with E-state index in [-0.39, 0.29) is 23.2 Å². The molecule has 2 aromatic rings. The third-order valence-electron chi connectivity index (χ3n) is 4.34. The van der Waals surface area contributed by atoms with E-state index in [1.807, 2.05) is 25.8 Å². The fraction of sp³-hybridized carbons (Fsp3) is 0.368. The molecule has 1 atom stereocenters. The van der Waals surface area contributed by atoms with E-state index < -0.39 is 16.6 Å². The average Bonchev–Trinajstić information content (AvgIpc) is 2.61. The molecule has 0 aliphatic carbocycles. The van der Waals surface area contributed by atoms with Crippen molar-refractivity contribution in [1.82, 2.24) is 9.62 Å². The quantitative estimate of drug-likeness (QED) is 0.702. The molecule has 0 saturated heterocycles. The molecule has 0 spiro atoms. The SMILES string of the molecule is Cc1ccc(S(=O)(=O)NCCN(C)[C@@H](C)c2ccc(OC(F)F)cc2)cc1. The zero-order valence-electron chi connectivity index (χ0n) is 15.5. The molecule has 0 heterocycles. The Morgan fingerprint density at radius 3 is 2.22 bits per heavy atom. The minimum atomic E-state index is -3.54. The van der Waals surface area contributed by atoms with Crippen molar-refractivity contribution in [3.05, 3.63) is 59.7 Å². The van der Waals surface area contributed by atoms with Gasteiger partial charge in [-0.3, -0.25) is 4.90 Å². The number of rotatable bonds is 9. The number of hydrogen-bond donors (Lipinski definition) is 1. The van der Waals surface area contributed by atoms with Crippen LogP contribution in [-0.4, -0.2) is 40.1 Å². The van der Waals surface area contributed by atoms with Crippen molar-refractivity contribution in [2.45, 2.75) is 31.4 Å². The molecule has 0 saturated carbocycles. The van der Waals surface area contributed by atoms with Crippen LogP contribution in [0, 0.1) is 6.92 Å². The van der Waals surface area contributed by atoms with Crippen LogP contribution in [-0.2, 0) is 10.0 Å². The maximum atomic E-state index is 12.3. The van der Waals surface area contributed by atoms with Crippen LogP contribution in [0.1, 0.15) is 24.1 Å². The number of aryl methyl sites for hydroxylation is 1. The van der Waals surface area contributed by atoms with Gasteiger partial charge >= 0.3 is 6.61 Å².